The van der Waals surface area contributed by atoms with E-state index < -0.39 is 5.97 Å². The van der Waals surface area contributed by atoms with Gasteiger partial charge < -0.3 is 20.5 Å². The summed E-state index contributed by atoms with van der Waals surface area (Å²) in [5.74, 6) is 0.0557. The second-order valence-corrected chi connectivity index (χ2v) is 7.59. The number of nitrogens with zero attached hydrogens (tertiary/aromatic N) is 1. The van der Waals surface area contributed by atoms with Crippen molar-refractivity contribution in [3.05, 3.63) is 68.5 Å². The number of esters is 1. The monoisotopic (exact) mass is 401 g/mol. The van der Waals surface area contributed by atoms with Crippen molar-refractivity contribution in [3.63, 3.8) is 0 Å². The summed E-state index contributed by atoms with van der Waals surface area (Å²) >= 11 is 3.27. The molecule has 0 aliphatic heterocycles. The number of carbonyl (C=O) groups is 1. The van der Waals surface area contributed by atoms with Crippen LogP contribution in [-0.2, 0) is 17.8 Å². The lowest BCUT2D eigenvalue weighted by molar-refractivity contribution is 0.0601. The van der Waals surface area contributed by atoms with Gasteiger partial charge in [-0.25, -0.2) is 9.79 Å². The maximum Gasteiger partial charge on any atom is 0.337 e. The van der Waals surface area contributed by atoms with E-state index in [0.717, 1.165) is 9.75 Å². The van der Waals surface area contributed by atoms with Crippen molar-refractivity contribution in [1.82, 2.24) is 5.32 Å². The molecule has 6 nitrogen and oxygen atoms in total. The number of hydrogen-bond donors (Lipinski definition) is 3. The van der Waals surface area contributed by atoms with Crippen molar-refractivity contribution in [2.24, 2.45) is 4.99 Å². The lowest BCUT2D eigenvalue weighted by Crippen LogP contribution is -2.30. The van der Waals surface area contributed by atoms with E-state index in [2.05, 4.69) is 15.6 Å². The molecule has 0 spiro atoms. The zero-order valence-electron chi connectivity index (χ0n) is 14.6. The Labute approximate surface area is 165 Å². The number of aromatic hydroxyl groups is 1. The average molecular weight is 402 g/mol. The summed E-state index contributed by atoms with van der Waals surface area (Å²) in [7, 11) is 1.32. The molecule has 0 bridgehead atoms. The smallest absolute Gasteiger partial charge is 0.337 e. The standard InChI is InChI=1S/C19H19N3O3S2/c1-25-18(24)13-6-7-17(23)16(10-13)22-19(20-11-14-4-2-8-26-14)21-12-15-5-3-9-27-15/h2-10,23H,11-12H2,1H3,(H2,20,21,22). The van der Waals surface area contributed by atoms with Gasteiger partial charge in [-0.2, -0.15) is 0 Å². The molecule has 0 aliphatic carbocycles. The summed E-state index contributed by atoms with van der Waals surface area (Å²) in [6.45, 7) is 1.11. The molecule has 0 amide bonds. The molecule has 0 fully saturated rings. The number of benzene rings is 1. The lowest BCUT2D eigenvalue weighted by atomic mass is 10.2. The Morgan fingerprint density at radius 3 is 2.56 bits per heavy atom. The normalized spacial score (nSPS) is 11.2. The molecule has 8 heteroatoms. The molecule has 0 saturated carbocycles. The van der Waals surface area contributed by atoms with Gasteiger partial charge in [-0.15, -0.1) is 22.7 Å². The van der Waals surface area contributed by atoms with Crippen LogP contribution in [-0.4, -0.2) is 24.1 Å². The largest absolute Gasteiger partial charge is 0.506 e. The molecule has 3 N–H and O–H groups in total. The number of nitrogens with one attached hydrogen (secondary N) is 2. The molecule has 3 rings (SSSR count). The van der Waals surface area contributed by atoms with E-state index in [9.17, 15) is 9.90 Å². The first kappa shape index (κ1) is 18.9. The topological polar surface area (TPSA) is 83.0 Å². The number of guanidine groups is 1. The van der Waals surface area contributed by atoms with Crippen LogP contribution in [0, 0.1) is 0 Å². The second kappa shape index (κ2) is 9.20. The Morgan fingerprint density at radius 1 is 1.15 bits per heavy atom. The van der Waals surface area contributed by atoms with Crippen LogP contribution < -0.4 is 10.6 Å². The van der Waals surface area contributed by atoms with Crippen LogP contribution in [0.15, 0.2) is 58.2 Å². The maximum absolute atomic E-state index is 11.8. The number of carbonyl (C=O) groups excluding carboxylic acids is 1. The summed E-state index contributed by atoms with van der Waals surface area (Å²) in [6.07, 6.45) is 0. The molecule has 3 aromatic rings. The van der Waals surface area contributed by atoms with E-state index in [1.807, 2.05) is 35.0 Å². The Kier molecular flexibility index (Phi) is 6.45. The number of anilines is 1. The van der Waals surface area contributed by atoms with Gasteiger partial charge in [0.15, 0.2) is 5.96 Å². The SMILES string of the molecule is COC(=O)c1ccc(O)c(NC(=NCc2cccs2)NCc2cccs2)c1. The summed E-state index contributed by atoms with van der Waals surface area (Å²) in [4.78, 5) is 18.6. The third-order valence-electron chi connectivity index (χ3n) is 3.65. The second-order valence-electron chi connectivity index (χ2n) is 5.53. The number of phenolic OH excluding ortho intramolecular Hbond substituents is 1. The first-order valence-electron chi connectivity index (χ1n) is 8.17. The maximum atomic E-state index is 11.8. The van der Waals surface area contributed by atoms with Gasteiger partial charge in [-0.3, -0.25) is 0 Å². The summed E-state index contributed by atoms with van der Waals surface area (Å²) < 4.78 is 4.74. The third kappa shape index (κ3) is 5.32. The minimum atomic E-state index is -0.471. The van der Waals surface area contributed by atoms with Crippen molar-refractivity contribution in [1.29, 1.82) is 0 Å². The van der Waals surface area contributed by atoms with E-state index >= 15 is 0 Å². The number of rotatable bonds is 6. The fourth-order valence-corrected chi connectivity index (χ4v) is 3.56. The van der Waals surface area contributed by atoms with Crippen LogP contribution >= 0.6 is 22.7 Å². The Balaban J connectivity index is 1.79. The van der Waals surface area contributed by atoms with Crippen LogP contribution in [0.4, 0.5) is 5.69 Å². The minimum absolute atomic E-state index is 0.0180. The highest BCUT2D eigenvalue weighted by Gasteiger charge is 2.11. The molecule has 0 saturated heterocycles. The van der Waals surface area contributed by atoms with E-state index in [1.54, 1.807) is 22.7 Å². The first-order valence-corrected chi connectivity index (χ1v) is 9.93. The van der Waals surface area contributed by atoms with Crippen molar-refractivity contribution >= 4 is 40.3 Å². The molecule has 0 radical (unpaired) electrons. The van der Waals surface area contributed by atoms with Crippen molar-refractivity contribution in [3.8, 4) is 5.75 Å². The summed E-state index contributed by atoms with van der Waals surface area (Å²) in [5.41, 5.74) is 0.718. The third-order valence-corrected chi connectivity index (χ3v) is 5.39. The van der Waals surface area contributed by atoms with E-state index in [-0.39, 0.29) is 5.75 Å². The van der Waals surface area contributed by atoms with Gasteiger partial charge in [0, 0.05) is 9.75 Å². The molecule has 1 aromatic carbocycles. The zero-order valence-corrected chi connectivity index (χ0v) is 16.3. The van der Waals surface area contributed by atoms with Crippen LogP contribution in [0.5, 0.6) is 5.75 Å². The van der Waals surface area contributed by atoms with E-state index in [4.69, 9.17) is 4.74 Å². The van der Waals surface area contributed by atoms with Gasteiger partial charge in [-0.05, 0) is 41.1 Å². The van der Waals surface area contributed by atoms with Gasteiger partial charge in [0.25, 0.3) is 0 Å². The van der Waals surface area contributed by atoms with Crippen LogP contribution in [0.3, 0.4) is 0 Å². The molecule has 0 aliphatic rings. The number of aliphatic imine (C=N–C) groups is 1. The molecule has 2 heterocycles. The fraction of sp³-hybridized carbons (Fsp3) is 0.158. The highest BCUT2D eigenvalue weighted by Crippen LogP contribution is 2.24. The lowest BCUT2D eigenvalue weighted by Gasteiger charge is -2.14. The molecule has 27 heavy (non-hydrogen) atoms. The Morgan fingerprint density at radius 2 is 1.89 bits per heavy atom. The van der Waals surface area contributed by atoms with Crippen LogP contribution in [0.1, 0.15) is 20.1 Å². The minimum Gasteiger partial charge on any atom is -0.506 e. The van der Waals surface area contributed by atoms with Gasteiger partial charge in [0.2, 0.25) is 0 Å². The molecule has 0 atom stereocenters. The highest BCUT2D eigenvalue weighted by atomic mass is 32.1. The van der Waals surface area contributed by atoms with Gasteiger partial charge in [0.1, 0.15) is 5.75 Å². The quantitative estimate of drug-likeness (QED) is 0.251. The van der Waals surface area contributed by atoms with Gasteiger partial charge in [0.05, 0.1) is 31.5 Å². The molecule has 140 valence electrons. The molecule has 2 aromatic heterocycles. The number of methoxy groups -OCH3 is 1. The zero-order chi connectivity index (χ0) is 19.1. The first-order chi connectivity index (χ1) is 13.2. The molecular weight excluding hydrogens is 382 g/mol. The van der Waals surface area contributed by atoms with Crippen molar-refractivity contribution in [2.45, 2.75) is 13.1 Å². The van der Waals surface area contributed by atoms with Crippen molar-refractivity contribution < 1.29 is 14.6 Å². The van der Waals surface area contributed by atoms with E-state index in [1.165, 1.54) is 25.3 Å². The highest BCUT2D eigenvalue weighted by molar-refractivity contribution is 7.10. The number of hydrogen-bond acceptors (Lipinski definition) is 6. The number of ether oxygens (including phenoxy) is 1. The van der Waals surface area contributed by atoms with Gasteiger partial charge >= 0.3 is 5.97 Å². The summed E-state index contributed by atoms with van der Waals surface area (Å²) in [6, 6.07) is 12.5. The van der Waals surface area contributed by atoms with Crippen LogP contribution in [0.25, 0.3) is 0 Å². The molecule has 0 unspecified atom stereocenters. The van der Waals surface area contributed by atoms with Crippen LogP contribution in [0.2, 0.25) is 0 Å². The Bertz CT molecular complexity index is 906. The Hall–Kier alpha value is -2.84. The number of thiophene rings is 2. The predicted molar refractivity (Wildman–Crippen MR) is 110 cm³/mol. The van der Waals surface area contributed by atoms with Gasteiger partial charge in [-0.1, -0.05) is 12.1 Å². The van der Waals surface area contributed by atoms with Crippen molar-refractivity contribution in [2.75, 3.05) is 12.4 Å². The predicted octanol–water partition coefficient (Wildman–Crippen LogP) is 4.06. The van der Waals surface area contributed by atoms with E-state index in [0.29, 0.717) is 30.3 Å². The summed E-state index contributed by atoms with van der Waals surface area (Å²) in [5, 5.41) is 20.5. The fourth-order valence-electron chi connectivity index (χ4n) is 2.29. The average Bonchev–Trinajstić information content (AvgIpc) is 3.38. The molecular formula is C19H19N3O3S2. The number of phenols is 1.